The van der Waals surface area contributed by atoms with E-state index in [1.807, 2.05) is 0 Å². The molecule has 5 nitrogen and oxygen atoms in total. The molecule has 0 unspecified atom stereocenters. The van der Waals surface area contributed by atoms with Gasteiger partial charge in [0.15, 0.2) is 0 Å². The fourth-order valence-electron chi connectivity index (χ4n) is 2.43. The predicted octanol–water partition coefficient (Wildman–Crippen LogP) is 1.23. The second-order valence-corrected chi connectivity index (χ2v) is 6.38. The maximum absolute atomic E-state index is 9.86. The van der Waals surface area contributed by atoms with Gasteiger partial charge in [-0.15, -0.1) is 0 Å². The summed E-state index contributed by atoms with van der Waals surface area (Å²) < 4.78 is 21.7. The van der Waals surface area contributed by atoms with Gasteiger partial charge < -0.3 is 24.1 Å². The van der Waals surface area contributed by atoms with Crippen molar-refractivity contribution in [3.8, 4) is 0 Å². The molecule has 2 aliphatic rings. The van der Waals surface area contributed by atoms with E-state index in [1.54, 1.807) is 0 Å². The first-order valence-corrected chi connectivity index (χ1v) is 7.63. The first kappa shape index (κ1) is 16.2. The fourth-order valence-corrected chi connectivity index (χ4v) is 2.43. The van der Waals surface area contributed by atoms with E-state index in [2.05, 4.69) is 13.8 Å². The van der Waals surface area contributed by atoms with E-state index in [-0.39, 0.29) is 10.8 Å². The van der Waals surface area contributed by atoms with Gasteiger partial charge in [0.1, 0.15) is 6.10 Å². The number of hydrogen-bond donors (Lipinski definition) is 1. The van der Waals surface area contributed by atoms with E-state index >= 15 is 0 Å². The summed E-state index contributed by atoms with van der Waals surface area (Å²) in [5.74, 6) is 0. The Morgan fingerprint density at radius 1 is 0.900 bits per heavy atom. The van der Waals surface area contributed by atoms with Crippen LogP contribution in [0.2, 0.25) is 0 Å². The topological polar surface area (TPSA) is 57.2 Å². The maximum atomic E-state index is 9.86. The molecule has 0 atom stereocenters. The second-order valence-electron chi connectivity index (χ2n) is 6.38. The molecule has 0 spiro atoms. The number of aliphatic hydroxyl groups is 1. The van der Waals surface area contributed by atoms with Crippen molar-refractivity contribution in [3.63, 3.8) is 0 Å². The molecule has 0 saturated carbocycles. The van der Waals surface area contributed by atoms with Crippen LogP contribution in [0.15, 0.2) is 0 Å². The summed E-state index contributed by atoms with van der Waals surface area (Å²) in [6.07, 6.45) is 1.55. The van der Waals surface area contributed by atoms with Crippen LogP contribution in [-0.4, -0.2) is 64.1 Å². The Bertz CT molecular complexity index is 247. The SMILES string of the molecule is CCC1(COCC(O)COCC2(CC)COC2)COC1. The van der Waals surface area contributed by atoms with Crippen molar-refractivity contribution in [2.45, 2.75) is 32.8 Å². The summed E-state index contributed by atoms with van der Waals surface area (Å²) >= 11 is 0. The summed E-state index contributed by atoms with van der Waals surface area (Å²) in [5.41, 5.74) is 0.353. The lowest BCUT2D eigenvalue weighted by Gasteiger charge is -2.41. The van der Waals surface area contributed by atoms with E-state index in [0.29, 0.717) is 26.4 Å². The van der Waals surface area contributed by atoms with Crippen LogP contribution in [0.5, 0.6) is 0 Å². The standard InChI is InChI=1S/C15H28O5/c1-3-14(9-19-10-14)7-17-5-13(16)6-18-8-15(4-2)11-20-12-15/h13,16H,3-12H2,1-2H3. The molecule has 1 N–H and O–H groups in total. The first-order chi connectivity index (χ1) is 9.64. The molecular weight excluding hydrogens is 260 g/mol. The minimum Gasteiger partial charge on any atom is -0.388 e. The van der Waals surface area contributed by atoms with Gasteiger partial charge in [0, 0.05) is 10.8 Å². The zero-order valence-electron chi connectivity index (χ0n) is 12.7. The Balaban J connectivity index is 1.53. The summed E-state index contributed by atoms with van der Waals surface area (Å²) in [7, 11) is 0. The molecule has 5 heteroatoms. The fraction of sp³-hybridized carbons (Fsp3) is 1.00. The van der Waals surface area contributed by atoms with E-state index < -0.39 is 6.10 Å². The summed E-state index contributed by atoms with van der Waals surface area (Å²) in [5, 5.41) is 9.86. The Labute approximate surface area is 121 Å². The van der Waals surface area contributed by atoms with Gasteiger partial charge in [-0.25, -0.2) is 0 Å². The highest BCUT2D eigenvalue weighted by atomic mass is 16.5. The molecule has 0 aromatic rings. The number of rotatable bonds is 10. The summed E-state index contributed by atoms with van der Waals surface area (Å²) in [6, 6.07) is 0. The highest BCUT2D eigenvalue weighted by Gasteiger charge is 2.38. The van der Waals surface area contributed by atoms with Gasteiger partial charge in [-0.05, 0) is 12.8 Å². The molecule has 0 aliphatic carbocycles. The monoisotopic (exact) mass is 288 g/mol. The van der Waals surface area contributed by atoms with Crippen LogP contribution in [-0.2, 0) is 18.9 Å². The van der Waals surface area contributed by atoms with Crippen molar-refractivity contribution >= 4 is 0 Å². The molecule has 2 heterocycles. The average Bonchev–Trinajstić information content (AvgIpc) is 2.36. The average molecular weight is 288 g/mol. The molecule has 118 valence electrons. The summed E-state index contributed by atoms with van der Waals surface area (Å²) in [4.78, 5) is 0. The smallest absolute Gasteiger partial charge is 0.101 e. The Kier molecular flexibility index (Phi) is 5.81. The largest absolute Gasteiger partial charge is 0.388 e. The molecule has 0 aromatic heterocycles. The number of hydrogen-bond acceptors (Lipinski definition) is 5. The lowest BCUT2D eigenvalue weighted by Crippen LogP contribution is -2.47. The molecule has 2 saturated heterocycles. The molecule has 0 radical (unpaired) electrons. The number of aliphatic hydroxyl groups excluding tert-OH is 1. The second kappa shape index (κ2) is 7.18. The van der Waals surface area contributed by atoms with Crippen LogP contribution in [0.3, 0.4) is 0 Å². The maximum Gasteiger partial charge on any atom is 0.101 e. The van der Waals surface area contributed by atoms with Gasteiger partial charge in [0.05, 0.1) is 52.9 Å². The van der Waals surface area contributed by atoms with Gasteiger partial charge >= 0.3 is 0 Å². The van der Waals surface area contributed by atoms with Gasteiger partial charge in [-0.3, -0.25) is 0 Å². The van der Waals surface area contributed by atoms with E-state index in [9.17, 15) is 5.11 Å². The van der Waals surface area contributed by atoms with Crippen LogP contribution in [0, 0.1) is 10.8 Å². The van der Waals surface area contributed by atoms with E-state index in [0.717, 1.165) is 39.3 Å². The minimum atomic E-state index is -0.556. The van der Waals surface area contributed by atoms with Crippen molar-refractivity contribution in [2.75, 3.05) is 52.9 Å². The zero-order valence-corrected chi connectivity index (χ0v) is 12.7. The van der Waals surface area contributed by atoms with Crippen LogP contribution in [0.1, 0.15) is 26.7 Å². The van der Waals surface area contributed by atoms with Gasteiger partial charge in [0.2, 0.25) is 0 Å². The van der Waals surface area contributed by atoms with Crippen molar-refractivity contribution in [3.05, 3.63) is 0 Å². The zero-order chi connectivity index (χ0) is 14.5. The third kappa shape index (κ3) is 3.92. The van der Waals surface area contributed by atoms with Gasteiger partial charge in [-0.2, -0.15) is 0 Å². The number of ether oxygens (including phenoxy) is 4. The quantitative estimate of drug-likeness (QED) is 0.655. The van der Waals surface area contributed by atoms with Crippen molar-refractivity contribution < 1.29 is 24.1 Å². The molecule has 0 amide bonds. The first-order valence-electron chi connectivity index (χ1n) is 7.63. The van der Waals surface area contributed by atoms with Gasteiger partial charge in [0.25, 0.3) is 0 Å². The minimum absolute atomic E-state index is 0.177. The van der Waals surface area contributed by atoms with E-state index in [4.69, 9.17) is 18.9 Å². The highest BCUT2D eigenvalue weighted by molar-refractivity contribution is 4.85. The summed E-state index contributed by atoms with van der Waals surface area (Å²) in [6.45, 7) is 9.37. The van der Waals surface area contributed by atoms with Crippen molar-refractivity contribution in [1.82, 2.24) is 0 Å². The molecular formula is C15H28O5. The van der Waals surface area contributed by atoms with Crippen molar-refractivity contribution in [2.24, 2.45) is 10.8 Å². The molecule has 2 rings (SSSR count). The van der Waals surface area contributed by atoms with E-state index in [1.165, 1.54) is 0 Å². The molecule has 0 bridgehead atoms. The molecule has 20 heavy (non-hydrogen) atoms. The van der Waals surface area contributed by atoms with Crippen LogP contribution in [0.4, 0.5) is 0 Å². The Morgan fingerprint density at radius 3 is 1.55 bits per heavy atom. The predicted molar refractivity (Wildman–Crippen MR) is 74.7 cm³/mol. The lowest BCUT2D eigenvalue weighted by atomic mass is 9.84. The van der Waals surface area contributed by atoms with Crippen LogP contribution >= 0.6 is 0 Å². The van der Waals surface area contributed by atoms with Crippen LogP contribution in [0.25, 0.3) is 0 Å². The Hall–Kier alpha value is -0.200. The lowest BCUT2D eigenvalue weighted by molar-refractivity contribution is -0.167. The molecule has 2 fully saturated rings. The third-order valence-corrected chi connectivity index (χ3v) is 4.57. The molecule has 0 aromatic carbocycles. The normalized spacial score (nSPS) is 23.4. The van der Waals surface area contributed by atoms with Gasteiger partial charge in [-0.1, -0.05) is 13.8 Å². The highest BCUT2D eigenvalue weighted by Crippen LogP contribution is 2.32. The van der Waals surface area contributed by atoms with Crippen LogP contribution < -0.4 is 0 Å². The third-order valence-electron chi connectivity index (χ3n) is 4.57. The Morgan fingerprint density at radius 2 is 1.30 bits per heavy atom. The van der Waals surface area contributed by atoms with Crippen molar-refractivity contribution in [1.29, 1.82) is 0 Å². The molecule has 2 aliphatic heterocycles.